The molecular weight excluding hydrogens is 258 g/mol. The van der Waals surface area contributed by atoms with Crippen molar-refractivity contribution in [1.29, 1.82) is 0 Å². The predicted octanol–water partition coefficient (Wildman–Crippen LogP) is 2.31. The lowest BCUT2D eigenvalue weighted by molar-refractivity contribution is -0.741. The first-order valence-electron chi connectivity index (χ1n) is 5.99. The summed E-state index contributed by atoms with van der Waals surface area (Å²) in [6.07, 6.45) is 19.5. The van der Waals surface area contributed by atoms with Crippen LogP contribution in [0.15, 0.2) is 11.1 Å². The Kier molecular flexibility index (Phi) is 4.06. The van der Waals surface area contributed by atoms with Gasteiger partial charge in [-0.05, 0) is 63.2 Å². The molecule has 0 aromatic carbocycles. The van der Waals surface area contributed by atoms with Crippen LogP contribution in [-0.2, 0) is 4.84 Å². The zero-order valence-corrected chi connectivity index (χ0v) is 11.3. The minimum atomic E-state index is -0.283. The highest BCUT2D eigenvalue weighted by atomic mass is 32.2. The average Bonchev–Trinajstić information content (AvgIpc) is 3.10. The third-order valence-electron chi connectivity index (χ3n) is 3.12. The van der Waals surface area contributed by atoms with Gasteiger partial charge in [0.05, 0.1) is 0 Å². The number of nitrogens with zero attached hydrogens (tertiary/aromatic N) is 1. The van der Waals surface area contributed by atoms with E-state index in [0.29, 0.717) is 4.90 Å². The Bertz CT molecular complexity index is 389. The fourth-order valence-electron chi connectivity index (χ4n) is 2.27. The highest BCUT2D eigenvalue weighted by molar-refractivity contribution is 7.99. The molecule has 10 radical (unpaired) electrons. The molecule has 2 saturated carbocycles. The Balaban J connectivity index is 1.97. The number of rotatable bonds is 3. The molecule has 2 fully saturated rings. The molecule has 96 valence electrons. The first-order chi connectivity index (χ1) is 9.29. The second-order valence-corrected chi connectivity index (χ2v) is 5.16. The monoisotopic (exact) mass is 271 g/mol. The lowest BCUT2D eigenvalue weighted by atomic mass is 9.86. The fraction of sp³-hybridized carbons (Fsp3) is 0.133. The maximum atomic E-state index is 11.6. The number of thioether (sulfide) groups is 1. The molecule has 1 heterocycles. The van der Waals surface area contributed by atoms with Crippen molar-refractivity contribution in [2.24, 2.45) is 0 Å². The molecular formula is C15H13NO2S. The molecule has 3 nitrogen and oxygen atoms in total. The Morgan fingerprint density at radius 3 is 2.21 bits per heavy atom. The molecule has 0 bridgehead atoms. The van der Waals surface area contributed by atoms with E-state index >= 15 is 0 Å². The summed E-state index contributed by atoms with van der Waals surface area (Å²) in [5.74, 6) is 2.14. The summed E-state index contributed by atoms with van der Waals surface area (Å²) in [6.45, 7) is 0. The Morgan fingerprint density at radius 1 is 1.05 bits per heavy atom. The largest absolute Gasteiger partial charge is 0.385 e. The molecule has 0 saturated heterocycles. The lowest BCUT2D eigenvalue weighted by Crippen LogP contribution is -2.30. The van der Waals surface area contributed by atoms with Crippen LogP contribution in [0.2, 0.25) is 0 Å². The molecule has 19 heavy (non-hydrogen) atoms. The Hall–Kier alpha value is -0.640. The van der Waals surface area contributed by atoms with E-state index in [2.05, 4.69) is 0 Å². The molecule has 0 aromatic heterocycles. The van der Waals surface area contributed by atoms with Crippen LogP contribution >= 0.6 is 11.8 Å². The first-order valence-corrected chi connectivity index (χ1v) is 7.27. The summed E-state index contributed by atoms with van der Waals surface area (Å²) >= 11 is 1.52. The second-order valence-electron chi connectivity index (χ2n) is 4.26. The molecule has 0 N–H and O–H groups in total. The molecule has 2 aliphatic carbocycles. The van der Waals surface area contributed by atoms with Crippen molar-refractivity contribution in [2.45, 2.75) is 5.44 Å². The second kappa shape index (κ2) is 5.78. The van der Waals surface area contributed by atoms with E-state index in [-0.39, 0.29) is 5.44 Å². The van der Waals surface area contributed by atoms with Crippen molar-refractivity contribution in [3.63, 3.8) is 0 Å². The third-order valence-corrected chi connectivity index (χ3v) is 3.87. The van der Waals surface area contributed by atoms with E-state index in [4.69, 9.17) is 4.84 Å². The van der Waals surface area contributed by atoms with Gasteiger partial charge in [-0.25, -0.2) is 0 Å². The average molecular weight is 271 g/mol. The zero-order chi connectivity index (χ0) is 13.2. The topological polar surface area (TPSA) is 35.3 Å². The van der Waals surface area contributed by atoms with Crippen molar-refractivity contribution in [3.8, 4) is 0 Å². The maximum absolute atomic E-state index is 11.6. The van der Waals surface area contributed by atoms with Crippen LogP contribution in [0.3, 0.4) is 0 Å². The smallest absolute Gasteiger partial charge is 0.237 e. The van der Waals surface area contributed by atoms with Gasteiger partial charge in [-0.15, -0.1) is 11.8 Å². The molecule has 0 spiro atoms. The standard InChI is InChI=1S/C15H13NO2S/c1-19-15-14(12-8-4-5-9-12)13(10-16(17)18-15)11-6-2-3-7-11/h2-10,15H,1H3. The number of allylic oxidation sites excluding steroid dienone is 1. The van der Waals surface area contributed by atoms with Gasteiger partial charge in [0.1, 0.15) is 5.44 Å². The van der Waals surface area contributed by atoms with Crippen LogP contribution in [-0.4, -0.2) is 22.8 Å². The summed E-state index contributed by atoms with van der Waals surface area (Å²) in [5, 5.41) is 11.6. The van der Waals surface area contributed by atoms with Crippen LogP contribution < -0.4 is 0 Å². The first kappa shape index (κ1) is 13.3. The highest BCUT2D eigenvalue weighted by Gasteiger charge is 2.36. The van der Waals surface area contributed by atoms with Crippen LogP contribution in [0.25, 0.3) is 0 Å². The normalized spacial score (nSPS) is 29.7. The van der Waals surface area contributed by atoms with Crippen molar-refractivity contribution >= 4 is 18.0 Å². The van der Waals surface area contributed by atoms with Crippen LogP contribution in [0.4, 0.5) is 0 Å². The maximum Gasteiger partial charge on any atom is 0.237 e. The van der Waals surface area contributed by atoms with Gasteiger partial charge in [0, 0.05) is 22.3 Å². The van der Waals surface area contributed by atoms with E-state index in [1.807, 2.05) is 57.6 Å². The molecule has 4 heteroatoms. The number of hydrogen-bond donors (Lipinski definition) is 0. The molecule has 1 aliphatic heterocycles. The van der Waals surface area contributed by atoms with Crippen molar-refractivity contribution in [1.82, 2.24) is 0 Å². The van der Waals surface area contributed by atoms with Gasteiger partial charge >= 0.3 is 0 Å². The van der Waals surface area contributed by atoms with Gasteiger partial charge in [-0.1, -0.05) is 0 Å². The lowest BCUT2D eigenvalue weighted by Gasteiger charge is -2.31. The van der Waals surface area contributed by atoms with Gasteiger partial charge in [-0.3, -0.25) is 5.21 Å². The van der Waals surface area contributed by atoms with Gasteiger partial charge in [0.15, 0.2) is 0 Å². The van der Waals surface area contributed by atoms with E-state index < -0.39 is 0 Å². The summed E-state index contributed by atoms with van der Waals surface area (Å²) in [7, 11) is 0. The summed E-state index contributed by atoms with van der Waals surface area (Å²) < 4.78 is 0. The fourth-order valence-corrected chi connectivity index (χ4v) is 2.94. The SMILES string of the molecule is CSC1O[N+]([O-])=CC([C]2[CH][CH][CH][CH]2)=C1[C]1[CH][CH][CH][CH]1. The molecule has 0 amide bonds. The van der Waals surface area contributed by atoms with Crippen molar-refractivity contribution in [3.05, 3.63) is 79.6 Å². The van der Waals surface area contributed by atoms with E-state index in [9.17, 15) is 5.21 Å². The molecule has 1 unspecified atom stereocenters. The minimum Gasteiger partial charge on any atom is -0.385 e. The van der Waals surface area contributed by atoms with Gasteiger partial charge in [0.2, 0.25) is 6.21 Å². The summed E-state index contributed by atoms with van der Waals surface area (Å²) in [5.41, 5.74) is 1.70. The van der Waals surface area contributed by atoms with Gasteiger partial charge in [0.25, 0.3) is 0 Å². The van der Waals surface area contributed by atoms with Crippen molar-refractivity contribution in [2.75, 3.05) is 6.26 Å². The molecule has 3 aliphatic rings. The summed E-state index contributed by atoms with van der Waals surface area (Å²) in [4.78, 5) is 5.88. The molecule has 1 atom stereocenters. The molecule has 3 rings (SSSR count). The van der Waals surface area contributed by atoms with E-state index in [0.717, 1.165) is 23.0 Å². The minimum absolute atomic E-state index is 0.283. The Labute approximate surface area is 119 Å². The van der Waals surface area contributed by atoms with Gasteiger partial charge in [-0.2, -0.15) is 0 Å². The molecule has 0 aromatic rings. The van der Waals surface area contributed by atoms with Crippen molar-refractivity contribution < 1.29 is 9.74 Å². The van der Waals surface area contributed by atoms with E-state index in [1.165, 1.54) is 18.0 Å². The zero-order valence-electron chi connectivity index (χ0n) is 10.4. The quantitative estimate of drug-likeness (QED) is 0.739. The number of hydrogen-bond acceptors (Lipinski definition) is 3. The summed E-state index contributed by atoms with van der Waals surface area (Å²) in [6, 6.07) is 0. The van der Waals surface area contributed by atoms with Crippen LogP contribution in [0, 0.1) is 68.4 Å². The Morgan fingerprint density at radius 2 is 1.63 bits per heavy atom. The predicted molar refractivity (Wildman–Crippen MR) is 76.0 cm³/mol. The highest BCUT2D eigenvalue weighted by Crippen LogP contribution is 2.43. The third kappa shape index (κ3) is 2.64. The van der Waals surface area contributed by atoms with Crippen LogP contribution in [0.5, 0.6) is 0 Å². The van der Waals surface area contributed by atoms with Gasteiger partial charge < -0.3 is 4.84 Å². The van der Waals surface area contributed by atoms with Crippen LogP contribution in [0.1, 0.15) is 0 Å². The van der Waals surface area contributed by atoms with E-state index in [1.54, 1.807) is 0 Å².